The molecule has 1 amide bonds. The quantitative estimate of drug-likeness (QED) is 0.176. The molecule has 11 nitrogen and oxygen atoms in total. The summed E-state index contributed by atoms with van der Waals surface area (Å²) in [6.45, 7) is 1.02. The van der Waals surface area contributed by atoms with Gasteiger partial charge in [-0.2, -0.15) is 5.10 Å². The zero-order chi connectivity index (χ0) is 27.5. The number of halogens is 1. The number of rotatable bonds is 8. The Morgan fingerprint density at radius 2 is 2.03 bits per heavy atom. The van der Waals surface area contributed by atoms with Crippen LogP contribution in [0.4, 0.5) is 10.2 Å². The van der Waals surface area contributed by atoms with Crippen LogP contribution in [-0.2, 0) is 0 Å². The number of aliphatic hydroxyl groups excluding tert-OH is 2. The third-order valence-corrected chi connectivity index (χ3v) is 5.88. The van der Waals surface area contributed by atoms with Crippen LogP contribution in [0.3, 0.4) is 0 Å². The average Bonchev–Trinajstić information content (AvgIpc) is 3.33. The van der Waals surface area contributed by atoms with Crippen LogP contribution in [0.2, 0.25) is 0 Å². The topological polar surface area (TPSA) is 146 Å². The van der Waals surface area contributed by atoms with Crippen molar-refractivity contribution in [2.75, 3.05) is 18.5 Å². The van der Waals surface area contributed by atoms with Gasteiger partial charge in [0, 0.05) is 34.2 Å². The molecule has 0 saturated carbocycles. The number of nitrogens with zero attached hydrogens (tertiary/aromatic N) is 5. The largest absolute Gasteiger partial charge is 0.487 e. The Kier molecular flexibility index (Phi) is 7.12. The second-order valence-electron chi connectivity index (χ2n) is 8.71. The van der Waals surface area contributed by atoms with Gasteiger partial charge in [-0.15, -0.1) is 0 Å². The van der Waals surface area contributed by atoms with E-state index in [4.69, 9.17) is 14.8 Å². The number of aryl methyl sites for hydroxylation is 1. The number of aromatic nitrogens is 5. The monoisotopic (exact) mass is 531 g/mol. The van der Waals surface area contributed by atoms with Gasteiger partial charge >= 0.3 is 0 Å². The van der Waals surface area contributed by atoms with Crippen LogP contribution < -0.4 is 14.8 Å². The van der Waals surface area contributed by atoms with E-state index in [9.17, 15) is 19.5 Å². The molecule has 0 fully saturated rings. The van der Waals surface area contributed by atoms with Crippen molar-refractivity contribution in [2.45, 2.75) is 13.0 Å². The molecule has 1 atom stereocenters. The zero-order valence-corrected chi connectivity index (χ0v) is 20.7. The fourth-order valence-corrected chi connectivity index (χ4v) is 3.96. The second-order valence-corrected chi connectivity index (χ2v) is 8.71. The fourth-order valence-electron chi connectivity index (χ4n) is 3.96. The van der Waals surface area contributed by atoms with Crippen molar-refractivity contribution in [2.24, 2.45) is 0 Å². The van der Waals surface area contributed by atoms with Gasteiger partial charge in [-0.05, 0) is 48.9 Å². The Morgan fingerprint density at radius 1 is 1.18 bits per heavy atom. The minimum atomic E-state index is -1.08. The minimum absolute atomic E-state index is 0.165. The third-order valence-electron chi connectivity index (χ3n) is 5.88. The Morgan fingerprint density at radius 3 is 2.79 bits per heavy atom. The van der Waals surface area contributed by atoms with Crippen LogP contribution in [0.25, 0.3) is 28.2 Å². The van der Waals surface area contributed by atoms with Crippen LogP contribution in [0, 0.1) is 12.7 Å². The number of hydrogen-bond donors (Lipinski definition) is 4. The number of nitrogens with one attached hydrogen (secondary N) is 1. The minimum Gasteiger partial charge on any atom is -0.487 e. The summed E-state index contributed by atoms with van der Waals surface area (Å²) < 4.78 is 22.1. The van der Waals surface area contributed by atoms with Crippen LogP contribution >= 0.6 is 0 Å². The van der Waals surface area contributed by atoms with Gasteiger partial charge in [0.15, 0.2) is 11.4 Å². The lowest BCUT2D eigenvalue weighted by Crippen LogP contribution is -2.30. The summed E-state index contributed by atoms with van der Waals surface area (Å²) in [4.78, 5) is 21.7. The van der Waals surface area contributed by atoms with E-state index in [1.54, 1.807) is 47.8 Å². The summed E-state index contributed by atoms with van der Waals surface area (Å²) in [5.74, 6) is -0.289. The van der Waals surface area contributed by atoms with E-state index in [0.29, 0.717) is 39.5 Å². The van der Waals surface area contributed by atoms with Crippen molar-refractivity contribution in [3.8, 4) is 28.3 Å². The first-order valence-electron chi connectivity index (χ1n) is 11.9. The average molecular weight is 532 g/mol. The molecule has 39 heavy (non-hydrogen) atoms. The number of amides is 1. The van der Waals surface area contributed by atoms with E-state index in [1.165, 1.54) is 36.9 Å². The number of aliphatic hydroxyl groups is 2. The number of pyridine rings is 2. The van der Waals surface area contributed by atoms with E-state index in [0.717, 1.165) is 4.73 Å². The van der Waals surface area contributed by atoms with E-state index < -0.39 is 18.6 Å². The van der Waals surface area contributed by atoms with E-state index >= 15 is 0 Å². The number of hydrogen-bond acceptors (Lipinski definition) is 8. The maximum absolute atomic E-state index is 14.1. The Hall–Kier alpha value is -4.94. The molecule has 0 aliphatic rings. The van der Waals surface area contributed by atoms with E-state index in [-0.39, 0.29) is 23.8 Å². The van der Waals surface area contributed by atoms with Gasteiger partial charge in [-0.3, -0.25) is 10.0 Å². The highest BCUT2D eigenvalue weighted by molar-refractivity contribution is 6.03. The van der Waals surface area contributed by atoms with Gasteiger partial charge in [0.05, 0.1) is 18.5 Å². The van der Waals surface area contributed by atoms with Crippen LogP contribution in [0.5, 0.6) is 5.75 Å². The standard InChI is InChI=1S/C27H23FN6O5/c1-16-11-17(4-5-21(16)28)24-25(34-26(32-24)22(7-9-30-34)39-15-20(36)14-35)18-6-8-29-23(12-18)31-27(37)19-3-2-10-33(38)13-19/h2-13,20,35-36H,14-15H2,1H3,(H-,29,31,37,38)/p+1. The molecule has 0 radical (unpaired) electrons. The smallest absolute Gasteiger partial charge is 0.263 e. The van der Waals surface area contributed by atoms with Crippen molar-refractivity contribution >= 4 is 17.4 Å². The van der Waals surface area contributed by atoms with Gasteiger partial charge in [0.1, 0.15) is 35.6 Å². The number of benzene rings is 1. The van der Waals surface area contributed by atoms with Crippen LogP contribution in [0.1, 0.15) is 15.9 Å². The highest BCUT2D eigenvalue weighted by atomic mass is 19.1. The number of imidazole rings is 1. The predicted molar refractivity (Wildman–Crippen MR) is 137 cm³/mol. The SMILES string of the molecule is Cc1cc(-c2nc3c(OCC(O)CO)ccnn3c2-c2ccnc(NC(=O)c3ccc[n+](O)c3)c2)ccc1F. The number of carbonyl (C=O) groups excluding carboxylic acids is 1. The third kappa shape index (κ3) is 5.37. The molecule has 0 spiro atoms. The molecular formula is C27H24FN6O5+. The summed E-state index contributed by atoms with van der Waals surface area (Å²) in [6.07, 6.45) is 4.58. The molecule has 0 aliphatic heterocycles. The molecule has 5 rings (SSSR count). The van der Waals surface area contributed by atoms with Crippen molar-refractivity contribution in [1.29, 1.82) is 0 Å². The van der Waals surface area contributed by atoms with Gasteiger partial charge in [0.25, 0.3) is 5.91 Å². The maximum Gasteiger partial charge on any atom is 0.263 e. The van der Waals surface area contributed by atoms with Crippen molar-refractivity contribution in [1.82, 2.24) is 19.6 Å². The number of carbonyl (C=O) groups is 1. The second kappa shape index (κ2) is 10.8. The fraction of sp³-hybridized carbons (Fsp3) is 0.148. The summed E-state index contributed by atoms with van der Waals surface area (Å²) in [7, 11) is 0. The van der Waals surface area contributed by atoms with Crippen LogP contribution in [-0.4, -0.2) is 60.2 Å². The van der Waals surface area contributed by atoms with E-state index in [2.05, 4.69) is 15.4 Å². The summed E-state index contributed by atoms with van der Waals surface area (Å²) in [5.41, 5.74) is 3.18. The Bertz CT molecular complexity index is 1670. The first-order chi connectivity index (χ1) is 18.8. The first-order valence-corrected chi connectivity index (χ1v) is 11.9. The summed E-state index contributed by atoms with van der Waals surface area (Å²) in [6, 6.07) is 12.6. The molecule has 4 heterocycles. The molecular weight excluding hydrogens is 507 g/mol. The zero-order valence-electron chi connectivity index (χ0n) is 20.7. The highest BCUT2D eigenvalue weighted by Crippen LogP contribution is 2.36. The van der Waals surface area contributed by atoms with Gasteiger partial charge in [0.2, 0.25) is 12.4 Å². The van der Waals surface area contributed by atoms with Gasteiger partial charge < -0.3 is 20.3 Å². The summed E-state index contributed by atoms with van der Waals surface area (Å²) >= 11 is 0. The lowest BCUT2D eigenvalue weighted by atomic mass is 10.0. The van der Waals surface area contributed by atoms with E-state index in [1.807, 2.05) is 0 Å². The molecule has 0 bridgehead atoms. The lowest BCUT2D eigenvalue weighted by Gasteiger charge is -2.11. The lowest BCUT2D eigenvalue weighted by molar-refractivity contribution is -0.904. The molecule has 1 aromatic carbocycles. The van der Waals surface area contributed by atoms with Crippen molar-refractivity contribution in [3.05, 3.63) is 90.3 Å². The first kappa shape index (κ1) is 25.7. The molecule has 5 aromatic rings. The molecule has 4 N–H and O–H groups in total. The van der Waals surface area contributed by atoms with Crippen molar-refractivity contribution < 1.29 is 34.1 Å². The molecule has 4 aromatic heterocycles. The number of ether oxygens (including phenoxy) is 1. The van der Waals surface area contributed by atoms with Gasteiger partial charge in [-0.1, -0.05) is 0 Å². The van der Waals surface area contributed by atoms with Crippen molar-refractivity contribution in [3.63, 3.8) is 0 Å². The molecule has 198 valence electrons. The molecule has 1 unspecified atom stereocenters. The van der Waals surface area contributed by atoms with Crippen LogP contribution in [0.15, 0.2) is 73.3 Å². The molecule has 12 heteroatoms. The number of fused-ring (bicyclic) bond motifs is 1. The predicted octanol–water partition coefficient (Wildman–Crippen LogP) is 2.41. The highest BCUT2D eigenvalue weighted by Gasteiger charge is 2.22. The normalized spacial score (nSPS) is 11.9. The van der Waals surface area contributed by atoms with Gasteiger partial charge in [-0.25, -0.2) is 18.9 Å². The summed E-state index contributed by atoms with van der Waals surface area (Å²) in [5, 5.41) is 35.7. The number of anilines is 1. The molecule has 0 aliphatic carbocycles. The Balaban J connectivity index is 1.61. The molecule has 0 saturated heterocycles. The maximum atomic E-state index is 14.1. The Labute approximate surface area is 221 Å².